The monoisotopic (exact) mass is 452 g/mol. The largest absolute Gasteiger partial charge is 0.481 e. The minimum Gasteiger partial charge on any atom is -0.481 e. The molecular weight excluding hydrogens is 424 g/mol. The number of carbonyl (C=O) groups is 5. The Morgan fingerprint density at radius 1 is 0.833 bits per heavy atom. The molecule has 0 aromatic carbocycles. The van der Waals surface area contributed by atoms with Crippen molar-refractivity contribution in [3.8, 4) is 0 Å². The molecule has 0 aromatic rings. The molecule has 0 spiro atoms. The van der Waals surface area contributed by atoms with Gasteiger partial charge in [-0.15, -0.1) is 0 Å². The van der Waals surface area contributed by atoms with Crippen molar-refractivity contribution >= 4 is 41.4 Å². The van der Waals surface area contributed by atoms with Crippen LogP contribution in [0.3, 0.4) is 0 Å². The van der Waals surface area contributed by atoms with E-state index in [0.717, 1.165) is 0 Å². The molecule has 0 radical (unpaired) electrons. The van der Waals surface area contributed by atoms with Gasteiger partial charge in [0, 0.05) is 6.42 Å². The van der Waals surface area contributed by atoms with Crippen LogP contribution in [-0.4, -0.2) is 99.5 Å². The summed E-state index contributed by atoms with van der Waals surface area (Å²) in [6, 6.07) is -5.46. The molecule has 9 N–H and O–H groups in total. The van der Waals surface area contributed by atoms with Gasteiger partial charge >= 0.3 is 11.9 Å². The van der Waals surface area contributed by atoms with Gasteiger partial charge in [-0.1, -0.05) is 0 Å². The third-order valence-electron chi connectivity index (χ3n) is 3.85. The lowest BCUT2D eigenvalue weighted by Crippen LogP contribution is -2.57. The molecular formula is C16H28N4O9S. The smallest absolute Gasteiger partial charge is 0.328 e. The zero-order valence-electron chi connectivity index (χ0n) is 16.4. The average Bonchev–Trinajstić information content (AvgIpc) is 2.70. The Bertz CT molecular complexity index is 620. The molecule has 0 aromatic heterocycles. The molecule has 0 saturated heterocycles. The van der Waals surface area contributed by atoms with Crippen LogP contribution in [0.4, 0.5) is 0 Å². The van der Waals surface area contributed by atoms with Crippen molar-refractivity contribution in [2.24, 2.45) is 5.73 Å². The van der Waals surface area contributed by atoms with Gasteiger partial charge in [0.15, 0.2) is 0 Å². The Labute approximate surface area is 176 Å². The summed E-state index contributed by atoms with van der Waals surface area (Å²) in [5.74, 6) is -4.93. The van der Waals surface area contributed by atoms with Crippen LogP contribution in [-0.2, 0) is 24.0 Å². The van der Waals surface area contributed by atoms with E-state index in [9.17, 15) is 24.0 Å². The van der Waals surface area contributed by atoms with Crippen LogP contribution in [0.15, 0.2) is 0 Å². The molecule has 13 nitrogen and oxygen atoms in total. The van der Waals surface area contributed by atoms with Gasteiger partial charge in [-0.05, 0) is 24.9 Å². The fraction of sp³-hybridized carbons (Fsp3) is 0.688. The van der Waals surface area contributed by atoms with Crippen molar-refractivity contribution in [1.29, 1.82) is 0 Å². The maximum Gasteiger partial charge on any atom is 0.328 e. The molecule has 3 amide bonds. The lowest BCUT2D eigenvalue weighted by atomic mass is 10.1. The molecule has 0 saturated carbocycles. The summed E-state index contributed by atoms with van der Waals surface area (Å²) in [6.45, 7) is -1.56. The second-order valence-electron chi connectivity index (χ2n) is 6.21. The number of aliphatic hydroxyl groups is 2. The van der Waals surface area contributed by atoms with E-state index < -0.39 is 73.5 Å². The van der Waals surface area contributed by atoms with Crippen LogP contribution >= 0.6 is 11.8 Å². The lowest BCUT2D eigenvalue weighted by Gasteiger charge is -2.24. The number of carboxylic acids is 2. The molecule has 0 fully saturated rings. The van der Waals surface area contributed by atoms with Crippen LogP contribution in [0.5, 0.6) is 0 Å². The first-order valence-corrected chi connectivity index (χ1v) is 10.3. The number of amides is 3. The molecule has 172 valence electrons. The highest BCUT2D eigenvalue weighted by molar-refractivity contribution is 7.98. The molecule has 0 aliphatic heterocycles. The first kappa shape index (κ1) is 27.6. The Hall–Kier alpha value is -2.42. The fourth-order valence-corrected chi connectivity index (χ4v) is 2.60. The molecule has 30 heavy (non-hydrogen) atoms. The molecule has 0 aliphatic carbocycles. The van der Waals surface area contributed by atoms with E-state index in [-0.39, 0.29) is 12.8 Å². The second kappa shape index (κ2) is 14.5. The average molecular weight is 452 g/mol. The summed E-state index contributed by atoms with van der Waals surface area (Å²) in [5, 5.41) is 42.4. The molecule has 0 aliphatic rings. The molecule has 0 bridgehead atoms. The van der Waals surface area contributed by atoms with Gasteiger partial charge in [0.25, 0.3) is 0 Å². The van der Waals surface area contributed by atoms with Gasteiger partial charge in [0.1, 0.15) is 24.2 Å². The van der Waals surface area contributed by atoms with E-state index in [4.69, 9.17) is 26.2 Å². The van der Waals surface area contributed by atoms with Crippen molar-refractivity contribution in [2.75, 3.05) is 25.2 Å². The van der Waals surface area contributed by atoms with E-state index in [0.29, 0.717) is 5.75 Å². The van der Waals surface area contributed by atoms with Crippen molar-refractivity contribution in [1.82, 2.24) is 16.0 Å². The van der Waals surface area contributed by atoms with Crippen LogP contribution in [0.25, 0.3) is 0 Å². The fourth-order valence-electron chi connectivity index (χ4n) is 2.13. The second-order valence-corrected chi connectivity index (χ2v) is 7.19. The first-order chi connectivity index (χ1) is 14.1. The molecule has 14 heteroatoms. The van der Waals surface area contributed by atoms with E-state index >= 15 is 0 Å². The number of nitrogens with one attached hydrogen (secondary N) is 3. The predicted octanol–water partition coefficient (Wildman–Crippen LogP) is -3.54. The van der Waals surface area contributed by atoms with Crippen molar-refractivity contribution in [3.05, 3.63) is 0 Å². The molecule has 0 rings (SSSR count). The summed E-state index contributed by atoms with van der Waals surface area (Å²) in [4.78, 5) is 58.7. The normalized spacial score (nSPS) is 14.7. The third kappa shape index (κ3) is 10.4. The predicted molar refractivity (Wildman–Crippen MR) is 105 cm³/mol. The van der Waals surface area contributed by atoms with Gasteiger partial charge in [0.05, 0.1) is 13.2 Å². The number of carbonyl (C=O) groups excluding carboxylic acids is 3. The quantitative estimate of drug-likeness (QED) is 0.121. The van der Waals surface area contributed by atoms with Gasteiger partial charge < -0.3 is 42.1 Å². The molecule has 0 heterocycles. The maximum atomic E-state index is 12.6. The molecule has 4 atom stereocenters. The van der Waals surface area contributed by atoms with E-state index in [1.165, 1.54) is 11.8 Å². The minimum atomic E-state index is -1.64. The summed E-state index contributed by atoms with van der Waals surface area (Å²) in [7, 11) is 0. The van der Waals surface area contributed by atoms with E-state index in [1.807, 2.05) is 5.32 Å². The highest BCUT2D eigenvalue weighted by Crippen LogP contribution is 2.05. The third-order valence-corrected chi connectivity index (χ3v) is 4.50. The van der Waals surface area contributed by atoms with Crippen molar-refractivity contribution in [2.45, 2.75) is 43.4 Å². The number of aliphatic hydroxyl groups excluding tert-OH is 2. The number of hydrogen-bond donors (Lipinski definition) is 8. The molecule has 4 unspecified atom stereocenters. The summed E-state index contributed by atoms with van der Waals surface area (Å²) in [6.07, 6.45) is 1.05. The van der Waals surface area contributed by atoms with Crippen molar-refractivity contribution < 1.29 is 44.4 Å². The van der Waals surface area contributed by atoms with Gasteiger partial charge in [-0.25, -0.2) is 4.79 Å². The highest BCUT2D eigenvalue weighted by Gasteiger charge is 2.30. The van der Waals surface area contributed by atoms with Crippen LogP contribution in [0.1, 0.15) is 19.3 Å². The number of aliphatic carboxylic acids is 2. The Kier molecular flexibility index (Phi) is 13.4. The summed E-state index contributed by atoms with van der Waals surface area (Å²) in [5.41, 5.74) is 5.41. The van der Waals surface area contributed by atoms with Gasteiger partial charge in [-0.3, -0.25) is 19.2 Å². The Balaban J connectivity index is 5.38. The lowest BCUT2D eigenvalue weighted by molar-refractivity contribution is -0.144. The summed E-state index contributed by atoms with van der Waals surface area (Å²) < 4.78 is 0. The topological polar surface area (TPSA) is 228 Å². The number of nitrogens with two attached hydrogens (primary N) is 1. The van der Waals surface area contributed by atoms with Crippen LogP contribution in [0.2, 0.25) is 0 Å². The standard InChI is InChI=1S/C16H28N4O9S/c1-30-5-4-10(18-13(25)8(17)6-21)15(27)19-9(2-3-12(23)24)14(26)20-11(7-22)16(28)29/h8-11,21-22H,2-7,17H2,1H3,(H,18,25)(H,19,27)(H,20,26)(H,23,24)(H,28,29). The number of carboxylic acid groups (broad SMARTS) is 2. The highest BCUT2D eigenvalue weighted by atomic mass is 32.2. The zero-order chi connectivity index (χ0) is 23.3. The van der Waals surface area contributed by atoms with Crippen LogP contribution in [0, 0.1) is 0 Å². The zero-order valence-corrected chi connectivity index (χ0v) is 17.2. The van der Waals surface area contributed by atoms with Crippen LogP contribution < -0.4 is 21.7 Å². The van der Waals surface area contributed by atoms with Crippen molar-refractivity contribution in [3.63, 3.8) is 0 Å². The SMILES string of the molecule is CSCCC(NC(=O)C(N)CO)C(=O)NC(CCC(=O)O)C(=O)NC(CO)C(=O)O. The van der Waals surface area contributed by atoms with Gasteiger partial charge in [-0.2, -0.15) is 11.8 Å². The number of thioether (sulfide) groups is 1. The van der Waals surface area contributed by atoms with E-state index in [2.05, 4.69) is 10.6 Å². The van der Waals surface area contributed by atoms with Gasteiger partial charge in [0.2, 0.25) is 17.7 Å². The maximum absolute atomic E-state index is 12.6. The Morgan fingerprint density at radius 3 is 1.77 bits per heavy atom. The first-order valence-electron chi connectivity index (χ1n) is 8.89. The minimum absolute atomic E-state index is 0.151. The number of rotatable bonds is 15. The summed E-state index contributed by atoms with van der Waals surface area (Å²) >= 11 is 1.38. The van der Waals surface area contributed by atoms with E-state index in [1.54, 1.807) is 6.26 Å². The Morgan fingerprint density at radius 2 is 1.33 bits per heavy atom. The number of hydrogen-bond acceptors (Lipinski definition) is 9.